The van der Waals surface area contributed by atoms with Crippen molar-refractivity contribution < 1.29 is 0 Å². The molecule has 32 heavy (non-hydrogen) atoms. The lowest BCUT2D eigenvalue weighted by Gasteiger charge is -2.30. The molecule has 0 amide bonds. The molecule has 0 aromatic carbocycles. The van der Waals surface area contributed by atoms with Gasteiger partial charge in [0.25, 0.3) is 0 Å². The van der Waals surface area contributed by atoms with Crippen LogP contribution in [0.4, 0.5) is 0 Å². The molecular formula is C28H36N4. The minimum absolute atomic E-state index is 0.988. The number of nitrogens with zero attached hydrogens (tertiary/aromatic N) is 3. The second-order valence-electron chi connectivity index (χ2n) is 8.87. The Balaban J connectivity index is 1.37. The summed E-state index contributed by atoms with van der Waals surface area (Å²) >= 11 is 0. The average molecular weight is 429 g/mol. The molecule has 4 rings (SSSR count). The molecule has 168 valence electrons. The van der Waals surface area contributed by atoms with Gasteiger partial charge in [-0.2, -0.15) is 0 Å². The third kappa shape index (κ3) is 7.64. The van der Waals surface area contributed by atoms with Gasteiger partial charge in [-0.15, -0.1) is 17.2 Å². The van der Waals surface area contributed by atoms with Gasteiger partial charge in [-0.05, 0) is 75.5 Å². The van der Waals surface area contributed by atoms with E-state index in [-0.39, 0.29) is 0 Å². The predicted molar refractivity (Wildman–Crippen MR) is 134 cm³/mol. The van der Waals surface area contributed by atoms with Crippen LogP contribution in [0.3, 0.4) is 0 Å². The first-order valence-corrected chi connectivity index (χ1v) is 12.1. The fraction of sp³-hybridized carbons (Fsp3) is 0.464. The summed E-state index contributed by atoms with van der Waals surface area (Å²) in [5.41, 5.74) is 14.0. The van der Waals surface area contributed by atoms with Crippen LogP contribution in [-0.4, -0.2) is 86.7 Å². The monoisotopic (exact) mass is 428 g/mol. The van der Waals surface area contributed by atoms with Crippen molar-refractivity contribution in [2.24, 2.45) is 0 Å². The smallest absolute Gasteiger partial charge is 0.0307 e. The Kier molecular flexibility index (Phi) is 8.98. The van der Waals surface area contributed by atoms with Gasteiger partial charge in [0, 0.05) is 62.5 Å². The van der Waals surface area contributed by atoms with Gasteiger partial charge in [0.05, 0.1) is 0 Å². The first-order chi connectivity index (χ1) is 15.8. The Bertz CT molecular complexity index is 928. The van der Waals surface area contributed by atoms with E-state index in [1.807, 2.05) is 18.2 Å². The molecule has 0 spiro atoms. The molecule has 0 unspecified atom stereocenters. The normalized spacial score (nSPS) is 23.1. The van der Waals surface area contributed by atoms with Crippen LogP contribution in [0, 0.1) is 0 Å². The van der Waals surface area contributed by atoms with Gasteiger partial charge in [0.15, 0.2) is 0 Å². The van der Waals surface area contributed by atoms with E-state index in [4.69, 9.17) is 0 Å². The van der Waals surface area contributed by atoms with Crippen LogP contribution < -0.4 is 5.32 Å². The zero-order chi connectivity index (χ0) is 21.8. The van der Waals surface area contributed by atoms with Crippen molar-refractivity contribution in [3.8, 4) is 0 Å². The standard InChI is InChI=1S/C28H36N4/c1-2-10-26(9-1)23-30-18-8-19-32(25-28-13-5-6-14-28)22-21-31(17-7-15-29-16-20-30)24-27-11-3-4-12-27/h1-6,9,11,13,29H,7-8,15-25H2. The number of hydrogen-bond acceptors (Lipinski definition) is 4. The first-order valence-electron chi connectivity index (χ1n) is 12.1. The van der Waals surface area contributed by atoms with Crippen LogP contribution in [0.15, 0.2) is 88.6 Å². The minimum Gasteiger partial charge on any atom is -0.315 e. The zero-order valence-corrected chi connectivity index (χ0v) is 19.2. The van der Waals surface area contributed by atoms with E-state index in [0.29, 0.717) is 0 Å². The molecule has 0 radical (unpaired) electrons. The van der Waals surface area contributed by atoms with Crippen LogP contribution >= 0.6 is 0 Å². The minimum atomic E-state index is 0.988. The Labute approximate surface area is 193 Å². The van der Waals surface area contributed by atoms with Crippen LogP contribution in [0.25, 0.3) is 0 Å². The van der Waals surface area contributed by atoms with Gasteiger partial charge < -0.3 is 5.32 Å². The molecule has 1 fully saturated rings. The van der Waals surface area contributed by atoms with Gasteiger partial charge in [-0.25, -0.2) is 0 Å². The molecule has 4 nitrogen and oxygen atoms in total. The third-order valence-electron chi connectivity index (χ3n) is 6.28. The largest absolute Gasteiger partial charge is 0.315 e. The van der Waals surface area contributed by atoms with E-state index in [1.165, 1.54) is 29.6 Å². The number of allylic oxidation sites excluding steroid dienone is 3. The SMILES string of the molecule is C1=CC=CC=1CN1CCCN(CC2=C=CC=C2)CCN(CC2=C=CC=C2)CCCNCC1. The molecule has 1 saturated heterocycles. The highest BCUT2D eigenvalue weighted by molar-refractivity contribution is 5.31. The maximum absolute atomic E-state index is 3.67. The summed E-state index contributed by atoms with van der Waals surface area (Å²) < 4.78 is 0. The Morgan fingerprint density at radius 3 is 1.50 bits per heavy atom. The van der Waals surface area contributed by atoms with Crippen LogP contribution in [0.2, 0.25) is 0 Å². The molecule has 0 saturated carbocycles. The second-order valence-corrected chi connectivity index (χ2v) is 8.87. The number of nitrogens with one attached hydrogen (secondary N) is 1. The summed E-state index contributed by atoms with van der Waals surface area (Å²) in [6, 6.07) is 0. The van der Waals surface area contributed by atoms with Crippen molar-refractivity contribution in [2.45, 2.75) is 12.8 Å². The molecule has 0 atom stereocenters. The summed E-state index contributed by atoms with van der Waals surface area (Å²) in [6.45, 7) is 11.7. The maximum atomic E-state index is 3.67. The second kappa shape index (κ2) is 12.6. The van der Waals surface area contributed by atoms with Crippen LogP contribution in [0.1, 0.15) is 12.8 Å². The Morgan fingerprint density at radius 1 is 0.562 bits per heavy atom. The molecule has 1 aliphatic heterocycles. The predicted octanol–water partition coefficient (Wildman–Crippen LogP) is 3.23. The highest BCUT2D eigenvalue weighted by atomic mass is 15.2. The van der Waals surface area contributed by atoms with E-state index in [1.54, 1.807) is 0 Å². The molecule has 0 bridgehead atoms. The van der Waals surface area contributed by atoms with E-state index < -0.39 is 0 Å². The van der Waals surface area contributed by atoms with Gasteiger partial charge in [0.1, 0.15) is 0 Å². The lowest BCUT2D eigenvalue weighted by molar-refractivity contribution is 0.204. The third-order valence-corrected chi connectivity index (χ3v) is 6.28. The molecule has 4 aliphatic rings. The van der Waals surface area contributed by atoms with Gasteiger partial charge >= 0.3 is 0 Å². The first kappa shape index (κ1) is 22.8. The summed E-state index contributed by atoms with van der Waals surface area (Å²) in [5, 5.41) is 3.67. The fourth-order valence-electron chi connectivity index (χ4n) is 4.52. The van der Waals surface area contributed by atoms with Crippen molar-refractivity contribution in [3.05, 3.63) is 88.6 Å². The van der Waals surface area contributed by atoms with Gasteiger partial charge in [-0.1, -0.05) is 18.2 Å². The summed E-state index contributed by atoms with van der Waals surface area (Å²) in [5.74, 6) is 0. The lowest BCUT2D eigenvalue weighted by atomic mass is 10.2. The van der Waals surface area contributed by atoms with E-state index >= 15 is 0 Å². The van der Waals surface area contributed by atoms with Crippen molar-refractivity contribution in [1.29, 1.82) is 0 Å². The average Bonchev–Trinajstić information content (AvgIpc) is 3.57. The van der Waals surface area contributed by atoms with Crippen molar-refractivity contribution in [2.75, 3.05) is 72.0 Å². The quantitative estimate of drug-likeness (QED) is 0.656. The van der Waals surface area contributed by atoms with Crippen molar-refractivity contribution >= 4 is 0 Å². The molecule has 0 aromatic rings. The summed E-state index contributed by atoms with van der Waals surface area (Å²) in [7, 11) is 0. The topological polar surface area (TPSA) is 21.8 Å². The zero-order valence-electron chi connectivity index (χ0n) is 19.2. The number of hydrogen-bond donors (Lipinski definition) is 1. The summed E-state index contributed by atoms with van der Waals surface area (Å²) in [4.78, 5) is 7.79. The van der Waals surface area contributed by atoms with Gasteiger partial charge in [-0.3, -0.25) is 14.7 Å². The Morgan fingerprint density at radius 2 is 1.03 bits per heavy atom. The van der Waals surface area contributed by atoms with Crippen LogP contribution in [0.5, 0.6) is 0 Å². The van der Waals surface area contributed by atoms with E-state index in [0.717, 1.165) is 72.0 Å². The number of rotatable bonds is 6. The van der Waals surface area contributed by atoms with Crippen molar-refractivity contribution in [1.82, 2.24) is 20.0 Å². The van der Waals surface area contributed by atoms with Gasteiger partial charge in [0.2, 0.25) is 0 Å². The molecule has 3 aliphatic carbocycles. The van der Waals surface area contributed by atoms with E-state index in [2.05, 4.69) is 73.7 Å². The molecule has 1 N–H and O–H groups in total. The van der Waals surface area contributed by atoms with Crippen LogP contribution in [-0.2, 0) is 0 Å². The Hall–Kier alpha value is -2.38. The maximum Gasteiger partial charge on any atom is 0.0307 e. The lowest BCUT2D eigenvalue weighted by Crippen LogP contribution is -2.41. The molecule has 1 heterocycles. The molecule has 4 heteroatoms. The molecular weight excluding hydrogens is 392 g/mol. The highest BCUT2D eigenvalue weighted by Gasteiger charge is 2.14. The fourth-order valence-corrected chi connectivity index (χ4v) is 4.52. The van der Waals surface area contributed by atoms with E-state index in [9.17, 15) is 0 Å². The highest BCUT2D eigenvalue weighted by Crippen LogP contribution is 2.10. The molecule has 0 aromatic heterocycles. The summed E-state index contributed by atoms with van der Waals surface area (Å²) in [6.07, 6.45) is 21.3. The van der Waals surface area contributed by atoms with Crippen molar-refractivity contribution in [3.63, 3.8) is 0 Å².